The Hall–Kier alpha value is -0.410. The van der Waals surface area contributed by atoms with E-state index in [1.807, 2.05) is 0 Å². The molecule has 5 unspecified atom stereocenters. The third-order valence-corrected chi connectivity index (χ3v) is 4.13. The molecule has 2 aliphatic carbocycles. The molecule has 2 saturated carbocycles. The van der Waals surface area contributed by atoms with Gasteiger partial charge in [0.2, 0.25) is 0 Å². The second-order valence-electron chi connectivity index (χ2n) is 4.54. The van der Waals surface area contributed by atoms with Crippen LogP contribution < -0.4 is 0 Å². The van der Waals surface area contributed by atoms with Gasteiger partial charge in [-0.3, -0.25) is 4.79 Å². The molecule has 0 aromatic rings. The van der Waals surface area contributed by atoms with E-state index in [4.69, 9.17) is 9.47 Å². The molecule has 0 amide bonds. The number of carbonyl (C=O) groups is 1. The maximum Gasteiger partial charge on any atom is 0.165 e. The number of fused-ring (bicyclic) bond motifs is 1. The van der Waals surface area contributed by atoms with Crippen LogP contribution in [-0.4, -0.2) is 24.8 Å². The van der Waals surface area contributed by atoms with Crippen molar-refractivity contribution in [2.45, 2.75) is 25.2 Å². The van der Waals surface area contributed by atoms with E-state index in [-0.39, 0.29) is 17.8 Å². The molecule has 1 spiro atoms. The number of ether oxygens (including phenoxy) is 2. The monoisotopic (exact) mass is 166 g/mol. The number of rotatable bonds is 0. The highest BCUT2D eigenvalue weighted by Gasteiger charge is 2.74. The van der Waals surface area contributed by atoms with Gasteiger partial charge in [0, 0.05) is 17.3 Å². The minimum atomic E-state index is -0.110. The van der Waals surface area contributed by atoms with Gasteiger partial charge in [-0.2, -0.15) is 0 Å². The van der Waals surface area contributed by atoms with Crippen LogP contribution in [0.4, 0.5) is 0 Å². The number of ketones is 1. The van der Waals surface area contributed by atoms with Crippen molar-refractivity contribution < 1.29 is 14.3 Å². The quantitative estimate of drug-likeness (QED) is 0.520. The van der Waals surface area contributed by atoms with Crippen LogP contribution in [0.25, 0.3) is 0 Å². The molecule has 64 valence electrons. The molecule has 2 bridgehead atoms. The Labute approximate surface area is 70.0 Å². The molecule has 2 heterocycles. The lowest BCUT2D eigenvalue weighted by Crippen LogP contribution is -2.31. The Balaban J connectivity index is 1.90. The second kappa shape index (κ2) is 1.49. The van der Waals surface area contributed by atoms with Gasteiger partial charge >= 0.3 is 0 Å². The minimum absolute atomic E-state index is 0.0357. The predicted octanol–water partition coefficient (Wildman–Crippen LogP) is 0.337. The first kappa shape index (κ1) is 6.11. The highest BCUT2D eigenvalue weighted by atomic mass is 16.7. The van der Waals surface area contributed by atoms with Gasteiger partial charge in [-0.05, 0) is 12.8 Å². The fourth-order valence-corrected chi connectivity index (χ4v) is 3.34. The van der Waals surface area contributed by atoms with Crippen LogP contribution in [0.1, 0.15) is 12.8 Å². The van der Waals surface area contributed by atoms with Gasteiger partial charge in [-0.15, -0.1) is 0 Å². The van der Waals surface area contributed by atoms with E-state index in [2.05, 4.69) is 0 Å². The number of hydrogen-bond donors (Lipinski definition) is 0. The van der Waals surface area contributed by atoms with Crippen LogP contribution in [0.3, 0.4) is 0 Å². The summed E-state index contributed by atoms with van der Waals surface area (Å²) >= 11 is 0. The van der Waals surface area contributed by atoms with Gasteiger partial charge in [0.1, 0.15) is 6.10 Å². The fraction of sp³-hybridized carbons (Fsp3) is 0.889. The lowest BCUT2D eigenvalue weighted by molar-refractivity contribution is -0.150. The van der Waals surface area contributed by atoms with Gasteiger partial charge in [0.05, 0.1) is 6.61 Å². The summed E-state index contributed by atoms with van der Waals surface area (Å²) in [6.07, 6.45) is 1.86. The Bertz CT molecular complexity index is 287. The zero-order valence-corrected chi connectivity index (χ0v) is 6.66. The number of Topliss-reactive ketones (excluding diaryl/α,β-unsaturated/α-hetero) is 1. The lowest BCUT2D eigenvalue weighted by Gasteiger charge is -2.20. The summed E-state index contributed by atoms with van der Waals surface area (Å²) in [5.74, 6) is 1.20. The summed E-state index contributed by atoms with van der Waals surface area (Å²) in [6.45, 7) is 0.769. The molecule has 4 aliphatic rings. The predicted molar refractivity (Wildman–Crippen MR) is 38.3 cm³/mol. The van der Waals surface area contributed by atoms with E-state index in [0.717, 1.165) is 19.4 Å². The first-order valence-electron chi connectivity index (χ1n) is 4.62. The molecule has 4 rings (SSSR count). The zero-order chi connectivity index (χ0) is 7.92. The van der Waals surface area contributed by atoms with Gasteiger partial charge in [-0.1, -0.05) is 0 Å². The zero-order valence-electron chi connectivity index (χ0n) is 6.66. The van der Waals surface area contributed by atoms with Crippen LogP contribution in [0, 0.1) is 17.3 Å². The topological polar surface area (TPSA) is 35.5 Å². The first-order valence-corrected chi connectivity index (χ1v) is 4.62. The first-order chi connectivity index (χ1) is 5.81. The maximum absolute atomic E-state index is 11.6. The number of carbonyl (C=O) groups excluding carboxylic acids is 1. The van der Waals surface area contributed by atoms with Crippen LogP contribution in [0.5, 0.6) is 0 Å². The molecule has 0 aromatic carbocycles. The van der Waals surface area contributed by atoms with Crippen molar-refractivity contribution in [1.82, 2.24) is 0 Å². The highest BCUT2D eigenvalue weighted by molar-refractivity contribution is 5.90. The molecule has 0 aromatic heterocycles. The molecule has 12 heavy (non-hydrogen) atoms. The normalized spacial score (nSPS) is 65.2. The van der Waals surface area contributed by atoms with E-state index < -0.39 is 0 Å². The minimum Gasteiger partial charge on any atom is -0.352 e. The molecular weight excluding hydrogens is 156 g/mol. The van der Waals surface area contributed by atoms with E-state index in [9.17, 15) is 4.79 Å². The van der Waals surface area contributed by atoms with Crippen molar-refractivity contribution in [3.63, 3.8) is 0 Å². The van der Waals surface area contributed by atoms with E-state index in [0.29, 0.717) is 17.6 Å². The molecular formula is C9H10O3. The van der Waals surface area contributed by atoms with Crippen molar-refractivity contribution in [3.05, 3.63) is 0 Å². The largest absolute Gasteiger partial charge is 0.352 e. The van der Waals surface area contributed by atoms with Crippen molar-refractivity contribution in [1.29, 1.82) is 0 Å². The smallest absolute Gasteiger partial charge is 0.165 e. The molecule has 5 atom stereocenters. The third-order valence-electron chi connectivity index (χ3n) is 4.13. The van der Waals surface area contributed by atoms with Crippen molar-refractivity contribution in [2.75, 3.05) is 6.61 Å². The van der Waals surface area contributed by atoms with Gasteiger partial charge in [0.25, 0.3) is 0 Å². The molecule has 4 fully saturated rings. The van der Waals surface area contributed by atoms with Gasteiger partial charge in [-0.25, -0.2) is 0 Å². The summed E-state index contributed by atoms with van der Waals surface area (Å²) in [4.78, 5) is 11.6. The molecule has 0 radical (unpaired) electrons. The second-order valence-corrected chi connectivity index (χ2v) is 4.54. The number of hydrogen-bond acceptors (Lipinski definition) is 3. The third kappa shape index (κ3) is 0.430. The standard InChI is InChI=1S/C9H10O3/c10-7-5-2-9(5)3-11-8-4(9)1-6(7)12-8/h4-6,8H,1-3H2. The SMILES string of the molecule is O=C1C2CC3C(OCC34CC14)O2. The summed E-state index contributed by atoms with van der Waals surface area (Å²) in [5, 5.41) is 0. The van der Waals surface area contributed by atoms with Crippen molar-refractivity contribution in [2.24, 2.45) is 17.3 Å². The van der Waals surface area contributed by atoms with E-state index in [1.54, 1.807) is 0 Å². The Morgan fingerprint density at radius 2 is 2.42 bits per heavy atom. The summed E-state index contributed by atoms with van der Waals surface area (Å²) < 4.78 is 11.0. The van der Waals surface area contributed by atoms with Gasteiger partial charge in [0.15, 0.2) is 12.1 Å². The van der Waals surface area contributed by atoms with E-state index in [1.165, 1.54) is 0 Å². The summed E-state index contributed by atoms with van der Waals surface area (Å²) in [7, 11) is 0. The van der Waals surface area contributed by atoms with Crippen LogP contribution in [0.15, 0.2) is 0 Å². The fourth-order valence-electron chi connectivity index (χ4n) is 3.34. The Morgan fingerprint density at radius 3 is 3.33 bits per heavy atom. The summed E-state index contributed by atoms with van der Waals surface area (Å²) in [6, 6.07) is 0. The molecule has 3 nitrogen and oxygen atoms in total. The van der Waals surface area contributed by atoms with Crippen molar-refractivity contribution >= 4 is 5.78 Å². The van der Waals surface area contributed by atoms with Crippen LogP contribution in [0.2, 0.25) is 0 Å². The van der Waals surface area contributed by atoms with Crippen LogP contribution >= 0.6 is 0 Å². The molecule has 2 saturated heterocycles. The molecule has 0 N–H and O–H groups in total. The maximum atomic E-state index is 11.6. The molecule has 3 heteroatoms. The lowest BCUT2D eigenvalue weighted by atomic mass is 9.80. The Kier molecular flexibility index (Phi) is 0.757. The summed E-state index contributed by atoms with van der Waals surface area (Å²) in [5.41, 5.74) is 0.245. The van der Waals surface area contributed by atoms with Crippen molar-refractivity contribution in [3.8, 4) is 0 Å². The van der Waals surface area contributed by atoms with E-state index >= 15 is 0 Å². The Morgan fingerprint density at radius 1 is 1.50 bits per heavy atom. The van der Waals surface area contributed by atoms with Gasteiger partial charge < -0.3 is 9.47 Å². The van der Waals surface area contributed by atoms with Crippen LogP contribution in [-0.2, 0) is 14.3 Å². The molecule has 2 aliphatic heterocycles. The average Bonchev–Trinajstić information content (AvgIpc) is 2.48. The highest BCUT2D eigenvalue weighted by Crippen LogP contribution is 2.69. The average molecular weight is 166 g/mol.